The molecule has 0 bridgehead atoms. The average molecular weight is 392 g/mol. The molecule has 2 aromatic heterocycles. The van der Waals surface area contributed by atoms with Crippen LogP contribution < -0.4 is 0 Å². The summed E-state index contributed by atoms with van der Waals surface area (Å²) >= 11 is 0. The molecule has 29 heavy (non-hydrogen) atoms. The van der Waals surface area contributed by atoms with Gasteiger partial charge in [-0.2, -0.15) is 5.10 Å². The molecule has 0 saturated heterocycles. The summed E-state index contributed by atoms with van der Waals surface area (Å²) in [6.07, 6.45) is 3.64. The number of benzene rings is 2. The number of fused-ring (bicyclic) bond motifs is 2. The molecule has 1 aliphatic heterocycles. The Bertz CT molecular complexity index is 1260. The summed E-state index contributed by atoms with van der Waals surface area (Å²) in [7, 11) is 3.59. The Kier molecular flexibility index (Phi) is 3.81. The summed E-state index contributed by atoms with van der Waals surface area (Å²) in [5.74, 6) is -1.54. The molecular weight excluding hydrogens is 374 g/mol. The monoisotopic (exact) mass is 392 g/mol. The van der Waals surface area contributed by atoms with E-state index in [9.17, 15) is 13.6 Å². The summed E-state index contributed by atoms with van der Waals surface area (Å²) in [5.41, 5.74) is 3.26. The Morgan fingerprint density at radius 1 is 1.10 bits per heavy atom. The van der Waals surface area contributed by atoms with Crippen LogP contribution in [-0.2, 0) is 27.2 Å². The minimum absolute atomic E-state index is 0.103. The minimum Gasteiger partial charge on any atom is -0.346 e. The van der Waals surface area contributed by atoms with Crippen molar-refractivity contribution >= 4 is 16.8 Å². The molecule has 1 aliphatic rings. The van der Waals surface area contributed by atoms with Crippen molar-refractivity contribution in [2.75, 3.05) is 0 Å². The van der Waals surface area contributed by atoms with Crippen LogP contribution in [-0.4, -0.2) is 25.2 Å². The molecule has 4 aromatic rings. The number of halogens is 2. The Hall–Kier alpha value is -3.48. The van der Waals surface area contributed by atoms with Crippen molar-refractivity contribution in [3.8, 4) is 11.1 Å². The molecule has 1 amide bonds. The zero-order valence-corrected chi connectivity index (χ0v) is 16.0. The van der Waals surface area contributed by atoms with E-state index < -0.39 is 11.6 Å². The van der Waals surface area contributed by atoms with E-state index in [0.29, 0.717) is 23.4 Å². The average Bonchev–Trinajstić information content (AvgIpc) is 3.32. The number of carbonyl (C=O) groups is 1. The Balaban J connectivity index is 1.50. The molecule has 0 saturated carbocycles. The van der Waals surface area contributed by atoms with Gasteiger partial charge < -0.3 is 9.47 Å². The van der Waals surface area contributed by atoms with E-state index in [1.165, 1.54) is 17.0 Å². The van der Waals surface area contributed by atoms with Crippen LogP contribution in [0.5, 0.6) is 0 Å². The molecule has 5 rings (SSSR count). The lowest BCUT2D eigenvalue weighted by Gasteiger charge is -2.18. The molecule has 5 nitrogen and oxygen atoms in total. The summed E-state index contributed by atoms with van der Waals surface area (Å²) in [6, 6.07) is 10.0. The Labute approximate surface area is 165 Å². The van der Waals surface area contributed by atoms with E-state index in [-0.39, 0.29) is 18.0 Å². The first-order chi connectivity index (χ1) is 13.9. The van der Waals surface area contributed by atoms with Crippen molar-refractivity contribution in [1.82, 2.24) is 19.2 Å². The number of rotatable bonds is 3. The van der Waals surface area contributed by atoms with Crippen molar-refractivity contribution in [1.29, 1.82) is 0 Å². The fourth-order valence-electron chi connectivity index (χ4n) is 4.07. The van der Waals surface area contributed by atoms with Crippen LogP contribution in [0.1, 0.15) is 21.6 Å². The van der Waals surface area contributed by atoms with E-state index in [2.05, 4.69) is 5.10 Å². The highest BCUT2D eigenvalue weighted by Gasteiger charge is 2.31. The molecule has 0 unspecified atom stereocenters. The zero-order valence-electron chi connectivity index (χ0n) is 16.0. The van der Waals surface area contributed by atoms with Crippen molar-refractivity contribution in [3.63, 3.8) is 0 Å². The zero-order chi connectivity index (χ0) is 20.3. The summed E-state index contributed by atoms with van der Waals surface area (Å²) in [6.45, 7) is 0.243. The van der Waals surface area contributed by atoms with Gasteiger partial charge in [0.2, 0.25) is 0 Å². The highest BCUT2D eigenvalue weighted by molar-refractivity contribution is 5.97. The topological polar surface area (TPSA) is 43.1 Å². The Morgan fingerprint density at radius 2 is 1.86 bits per heavy atom. The van der Waals surface area contributed by atoms with Crippen LogP contribution in [0.4, 0.5) is 8.78 Å². The fraction of sp³-hybridized carbons (Fsp3) is 0.182. The highest BCUT2D eigenvalue weighted by atomic mass is 19.1. The largest absolute Gasteiger partial charge is 0.346 e. The fourth-order valence-corrected chi connectivity index (χ4v) is 4.07. The number of hydrogen-bond acceptors (Lipinski definition) is 2. The maximum absolute atomic E-state index is 14.9. The molecule has 3 heterocycles. The van der Waals surface area contributed by atoms with Gasteiger partial charge in [-0.05, 0) is 35.4 Å². The smallest absolute Gasteiger partial charge is 0.271 e. The molecular formula is C22H18F2N4O. The SMILES string of the molecule is Cn1cc2c(-c3cc(F)c(CN4Cc5ccn(C)c5C4=O)c(F)c3)cccc2n1. The standard InChI is InChI=1S/C22H18F2N4O/c1-26-7-6-13-10-28(22(29)21(13)26)12-17-18(23)8-14(9-19(17)24)15-4-3-5-20-16(15)11-27(2)25-20/h3-9,11H,10,12H2,1-2H3. The Morgan fingerprint density at radius 3 is 2.59 bits per heavy atom. The van der Waals surface area contributed by atoms with Gasteiger partial charge in [-0.25, -0.2) is 8.78 Å². The van der Waals surface area contributed by atoms with Crippen LogP contribution in [0.2, 0.25) is 0 Å². The second-order valence-electron chi connectivity index (χ2n) is 7.42. The molecule has 146 valence electrons. The lowest BCUT2D eigenvalue weighted by Crippen LogP contribution is -2.26. The van der Waals surface area contributed by atoms with Crippen molar-refractivity contribution in [2.24, 2.45) is 14.1 Å². The highest BCUT2D eigenvalue weighted by Crippen LogP contribution is 2.32. The van der Waals surface area contributed by atoms with E-state index in [1.807, 2.05) is 36.7 Å². The summed E-state index contributed by atoms with van der Waals surface area (Å²) < 4.78 is 33.2. The summed E-state index contributed by atoms with van der Waals surface area (Å²) in [5, 5.41) is 5.17. The molecule has 0 spiro atoms. The van der Waals surface area contributed by atoms with Gasteiger partial charge >= 0.3 is 0 Å². The van der Waals surface area contributed by atoms with Crippen LogP contribution >= 0.6 is 0 Å². The normalized spacial score (nSPS) is 13.5. The molecule has 7 heteroatoms. The second-order valence-corrected chi connectivity index (χ2v) is 7.42. The molecule has 2 aromatic carbocycles. The van der Waals surface area contributed by atoms with E-state index >= 15 is 0 Å². The maximum atomic E-state index is 14.9. The number of aryl methyl sites for hydroxylation is 2. The van der Waals surface area contributed by atoms with Gasteiger partial charge in [0.1, 0.15) is 17.3 Å². The van der Waals surface area contributed by atoms with Crippen molar-refractivity contribution in [3.05, 3.63) is 77.2 Å². The lowest BCUT2D eigenvalue weighted by atomic mass is 9.99. The van der Waals surface area contributed by atoms with E-state index in [0.717, 1.165) is 16.5 Å². The molecule has 0 radical (unpaired) electrons. The molecule has 0 aliphatic carbocycles. The third-order valence-electron chi connectivity index (χ3n) is 5.47. The van der Waals surface area contributed by atoms with Gasteiger partial charge in [-0.3, -0.25) is 9.48 Å². The van der Waals surface area contributed by atoms with Crippen molar-refractivity contribution in [2.45, 2.75) is 13.1 Å². The van der Waals surface area contributed by atoms with Crippen LogP contribution in [0, 0.1) is 11.6 Å². The maximum Gasteiger partial charge on any atom is 0.271 e. The third-order valence-corrected chi connectivity index (χ3v) is 5.47. The van der Waals surface area contributed by atoms with Gasteiger partial charge in [0.05, 0.1) is 12.1 Å². The van der Waals surface area contributed by atoms with Crippen LogP contribution in [0.25, 0.3) is 22.0 Å². The van der Waals surface area contributed by atoms with Gasteiger partial charge in [0.25, 0.3) is 5.91 Å². The van der Waals surface area contributed by atoms with E-state index in [4.69, 9.17) is 0 Å². The second kappa shape index (κ2) is 6.27. The van der Waals surface area contributed by atoms with Gasteiger partial charge in [0, 0.05) is 49.5 Å². The summed E-state index contributed by atoms with van der Waals surface area (Å²) in [4.78, 5) is 14.1. The predicted molar refractivity (Wildman–Crippen MR) is 105 cm³/mol. The number of hydrogen-bond donors (Lipinski definition) is 0. The first kappa shape index (κ1) is 17.6. The quantitative estimate of drug-likeness (QED) is 0.529. The third kappa shape index (κ3) is 2.73. The van der Waals surface area contributed by atoms with Gasteiger partial charge in [-0.15, -0.1) is 0 Å². The predicted octanol–water partition coefficient (Wildman–Crippen LogP) is 4.01. The van der Waals surface area contributed by atoms with Gasteiger partial charge in [-0.1, -0.05) is 12.1 Å². The number of carbonyl (C=O) groups excluding carboxylic acids is 1. The molecule has 0 fully saturated rings. The number of amides is 1. The first-order valence-corrected chi connectivity index (χ1v) is 9.26. The number of nitrogens with zero attached hydrogens (tertiary/aromatic N) is 4. The van der Waals surface area contributed by atoms with Gasteiger partial charge in [0.15, 0.2) is 0 Å². The first-order valence-electron chi connectivity index (χ1n) is 9.26. The molecule has 0 N–H and O–H groups in total. The van der Waals surface area contributed by atoms with E-state index in [1.54, 1.807) is 23.3 Å². The number of aromatic nitrogens is 3. The van der Waals surface area contributed by atoms with Crippen LogP contribution in [0.15, 0.2) is 48.8 Å². The van der Waals surface area contributed by atoms with Crippen LogP contribution in [0.3, 0.4) is 0 Å². The minimum atomic E-state index is -0.662. The van der Waals surface area contributed by atoms with Crippen molar-refractivity contribution < 1.29 is 13.6 Å². The molecule has 0 atom stereocenters. The lowest BCUT2D eigenvalue weighted by molar-refractivity contribution is 0.0755.